The SMILES string of the molecule is C#Cc1cccc(C(=O)N2CCN(C)CC2)c1.CN1CCN(C(=O)c2cccc(C#C[Si](C)(C)C)c2)CC1.CN1CCN(C(=O)c2cccc(I)c2)CC1.O=COc1cccc(I)c1. The normalized spacial score (nSPS) is 15.5. The summed E-state index contributed by atoms with van der Waals surface area (Å²) in [7, 11) is 4.87. The smallest absolute Gasteiger partial charge is 0.298 e. The van der Waals surface area contributed by atoms with Gasteiger partial charge in [0.15, 0.2) is 0 Å². The van der Waals surface area contributed by atoms with Gasteiger partial charge in [-0.25, -0.2) is 0 Å². The topological polar surface area (TPSA) is 97.0 Å². The molecule has 0 spiro atoms. The molecule has 7 rings (SSSR count). The molecule has 3 amide bonds. The van der Waals surface area contributed by atoms with E-state index in [1.807, 2.05) is 93.6 Å². The summed E-state index contributed by atoms with van der Waals surface area (Å²) in [5, 5.41) is 0. The first-order valence-electron chi connectivity index (χ1n) is 21.3. The molecule has 3 aliphatic rings. The molecule has 338 valence electrons. The van der Waals surface area contributed by atoms with Gasteiger partial charge in [-0.15, -0.1) is 12.0 Å². The Morgan fingerprint density at radius 3 is 1.33 bits per heavy atom. The second-order valence-corrected chi connectivity index (χ2v) is 24.0. The number of carbonyl (C=O) groups is 4. The van der Waals surface area contributed by atoms with E-state index in [0.29, 0.717) is 17.8 Å². The fourth-order valence-corrected chi connectivity index (χ4v) is 8.10. The van der Waals surface area contributed by atoms with Gasteiger partial charge in [0, 0.05) is 113 Å². The Balaban J connectivity index is 0.000000192. The number of terminal acetylenes is 1. The van der Waals surface area contributed by atoms with E-state index in [1.54, 1.807) is 18.2 Å². The Kier molecular flexibility index (Phi) is 21.5. The molecule has 0 aromatic heterocycles. The zero-order valence-electron chi connectivity index (χ0n) is 37.9. The van der Waals surface area contributed by atoms with Crippen molar-refractivity contribution in [2.24, 2.45) is 0 Å². The van der Waals surface area contributed by atoms with Gasteiger partial charge in [0.25, 0.3) is 24.2 Å². The van der Waals surface area contributed by atoms with Crippen molar-refractivity contribution in [3.63, 3.8) is 0 Å². The van der Waals surface area contributed by atoms with E-state index in [1.165, 1.54) is 0 Å². The summed E-state index contributed by atoms with van der Waals surface area (Å²) in [5.74, 6) is 6.72. The molecule has 11 nitrogen and oxygen atoms in total. The van der Waals surface area contributed by atoms with Crippen LogP contribution < -0.4 is 4.74 Å². The summed E-state index contributed by atoms with van der Waals surface area (Å²) in [6.07, 6.45) is 5.33. The number of hydrogen-bond donors (Lipinski definition) is 0. The first-order valence-corrected chi connectivity index (χ1v) is 27.0. The summed E-state index contributed by atoms with van der Waals surface area (Å²) < 4.78 is 6.76. The lowest BCUT2D eigenvalue weighted by atomic mass is 10.1. The maximum Gasteiger partial charge on any atom is 0.298 e. The zero-order chi connectivity index (χ0) is 46.6. The summed E-state index contributed by atoms with van der Waals surface area (Å²) >= 11 is 4.38. The van der Waals surface area contributed by atoms with Gasteiger partial charge in [0.05, 0.1) is 0 Å². The minimum absolute atomic E-state index is 0.0789. The van der Waals surface area contributed by atoms with Crippen LogP contribution in [0.1, 0.15) is 42.2 Å². The predicted octanol–water partition coefficient (Wildman–Crippen LogP) is 6.86. The molecular formula is C50H60I2N6O5Si. The molecular weight excluding hydrogens is 1050 g/mol. The summed E-state index contributed by atoms with van der Waals surface area (Å²) in [5.41, 5.74) is 7.28. The standard InChI is InChI=1S/C17H24N2OSi.C14H16N2O.C12H15IN2O.C7H5IO2/c1-18-9-11-19(12-10-18)17(20)16-7-5-6-15(14-16)8-13-21(2,3)4;1-3-12-5-4-6-13(11-12)14(17)16-9-7-15(2)8-10-16;1-14-5-7-15(8-6-14)12(16)10-3-2-4-11(13)9-10;8-6-2-1-3-7(4-6)10-5-9/h5-7,14H,9-12H2,1-4H3;1,4-6,11H,7-10H2,2H3;2-4,9H,5-8H2,1H3;1-5H. The average molecular weight is 1110 g/mol. The fourth-order valence-electron chi connectivity index (χ4n) is 6.53. The number of nitrogens with zero attached hydrogens (tertiary/aromatic N) is 6. The van der Waals surface area contributed by atoms with Crippen LogP contribution in [0.3, 0.4) is 0 Å². The maximum atomic E-state index is 12.5. The Morgan fingerprint density at radius 1 is 0.562 bits per heavy atom. The van der Waals surface area contributed by atoms with E-state index < -0.39 is 8.07 Å². The van der Waals surface area contributed by atoms with Crippen molar-refractivity contribution < 1.29 is 23.9 Å². The van der Waals surface area contributed by atoms with Gasteiger partial charge < -0.3 is 34.1 Å². The third-order valence-corrected chi connectivity index (χ3v) is 12.6. The highest BCUT2D eigenvalue weighted by atomic mass is 127. The van der Waals surface area contributed by atoms with Crippen LogP contribution in [-0.4, -0.2) is 161 Å². The zero-order valence-corrected chi connectivity index (χ0v) is 43.2. The highest BCUT2D eigenvalue weighted by molar-refractivity contribution is 14.1. The molecule has 0 bridgehead atoms. The molecule has 4 aromatic carbocycles. The Labute approximate surface area is 408 Å². The minimum atomic E-state index is -1.39. The van der Waals surface area contributed by atoms with Crippen LogP contribution >= 0.6 is 45.2 Å². The van der Waals surface area contributed by atoms with E-state index in [2.05, 4.69) is 123 Å². The fraction of sp³-hybridized carbons (Fsp3) is 0.360. The Hall–Kier alpha value is -4.56. The van der Waals surface area contributed by atoms with Crippen LogP contribution in [0.4, 0.5) is 0 Å². The average Bonchev–Trinajstić information content (AvgIpc) is 3.29. The number of likely N-dealkylation sites (N-methyl/N-ethyl adjacent to an activating group) is 3. The molecule has 0 saturated carbocycles. The minimum Gasteiger partial charge on any atom is -0.429 e. The number of rotatable bonds is 5. The largest absolute Gasteiger partial charge is 0.429 e. The van der Waals surface area contributed by atoms with Gasteiger partial charge in [0.1, 0.15) is 13.8 Å². The second-order valence-electron chi connectivity index (χ2n) is 16.8. The van der Waals surface area contributed by atoms with E-state index >= 15 is 0 Å². The third kappa shape index (κ3) is 18.1. The second kappa shape index (κ2) is 26.4. The highest BCUT2D eigenvalue weighted by Gasteiger charge is 2.22. The van der Waals surface area contributed by atoms with Gasteiger partial charge in [-0.3, -0.25) is 19.2 Å². The molecule has 0 aliphatic carbocycles. The van der Waals surface area contributed by atoms with Crippen LogP contribution in [0, 0.1) is 30.9 Å². The summed E-state index contributed by atoms with van der Waals surface area (Å²) in [6.45, 7) is 17.6. The van der Waals surface area contributed by atoms with E-state index in [9.17, 15) is 19.2 Å². The van der Waals surface area contributed by atoms with Gasteiger partial charge in [0.2, 0.25) is 0 Å². The van der Waals surface area contributed by atoms with Crippen molar-refractivity contribution in [1.82, 2.24) is 29.4 Å². The molecule has 3 saturated heterocycles. The molecule has 0 atom stereocenters. The number of amides is 3. The quantitative estimate of drug-likeness (QED) is 0.0927. The third-order valence-electron chi connectivity index (χ3n) is 10.4. The van der Waals surface area contributed by atoms with E-state index in [4.69, 9.17) is 6.42 Å². The van der Waals surface area contributed by atoms with E-state index in [-0.39, 0.29) is 17.7 Å². The van der Waals surface area contributed by atoms with Crippen molar-refractivity contribution in [3.8, 4) is 29.6 Å². The van der Waals surface area contributed by atoms with E-state index in [0.717, 1.165) is 108 Å². The molecule has 3 fully saturated rings. The lowest BCUT2D eigenvalue weighted by molar-refractivity contribution is -0.120. The molecule has 64 heavy (non-hydrogen) atoms. The predicted molar refractivity (Wildman–Crippen MR) is 276 cm³/mol. The number of halogens is 2. The van der Waals surface area contributed by atoms with Crippen LogP contribution in [-0.2, 0) is 4.79 Å². The first-order chi connectivity index (χ1) is 30.5. The molecule has 3 aliphatic heterocycles. The molecule has 3 heterocycles. The van der Waals surface area contributed by atoms with Crippen molar-refractivity contribution in [1.29, 1.82) is 0 Å². The van der Waals surface area contributed by atoms with Gasteiger partial charge in [-0.05, 0) is 139 Å². The Morgan fingerprint density at radius 2 is 0.938 bits per heavy atom. The lowest BCUT2D eigenvalue weighted by Crippen LogP contribution is -2.47. The number of piperazine rings is 3. The monoisotopic (exact) mass is 1110 g/mol. The summed E-state index contributed by atoms with van der Waals surface area (Å²) in [6, 6.07) is 30.0. The van der Waals surface area contributed by atoms with Gasteiger partial charge in [-0.2, -0.15) is 0 Å². The Bertz CT molecular complexity index is 2280. The maximum absolute atomic E-state index is 12.5. The van der Waals surface area contributed by atoms with Gasteiger partial charge in [-0.1, -0.05) is 55.7 Å². The lowest BCUT2D eigenvalue weighted by Gasteiger charge is -2.32. The van der Waals surface area contributed by atoms with Crippen LogP contribution in [0.15, 0.2) is 97.1 Å². The number of benzene rings is 4. The van der Waals surface area contributed by atoms with Crippen LogP contribution in [0.2, 0.25) is 19.6 Å². The number of ether oxygens (including phenoxy) is 1. The molecule has 0 unspecified atom stereocenters. The first kappa shape index (κ1) is 52.1. The highest BCUT2D eigenvalue weighted by Crippen LogP contribution is 2.15. The van der Waals surface area contributed by atoms with Crippen molar-refractivity contribution >= 4 is 77.4 Å². The van der Waals surface area contributed by atoms with Crippen molar-refractivity contribution in [3.05, 3.63) is 132 Å². The number of hydrogen-bond acceptors (Lipinski definition) is 8. The van der Waals surface area contributed by atoms with Crippen LogP contribution in [0.5, 0.6) is 5.75 Å². The summed E-state index contributed by atoms with van der Waals surface area (Å²) in [4.78, 5) is 59.2. The number of carbonyl (C=O) groups excluding carboxylic acids is 4. The van der Waals surface area contributed by atoms with Gasteiger partial charge >= 0.3 is 0 Å². The molecule has 14 heteroatoms. The molecule has 0 N–H and O–H groups in total. The van der Waals surface area contributed by atoms with Crippen molar-refractivity contribution in [2.45, 2.75) is 19.6 Å². The van der Waals surface area contributed by atoms with Crippen LogP contribution in [0.25, 0.3) is 0 Å². The van der Waals surface area contributed by atoms with Crippen molar-refractivity contribution in [2.75, 3.05) is 99.7 Å². The molecule has 4 aromatic rings. The molecule has 0 radical (unpaired) electrons.